The lowest BCUT2D eigenvalue weighted by molar-refractivity contribution is -0.150. The molecule has 0 radical (unpaired) electrons. The van der Waals surface area contributed by atoms with Crippen molar-refractivity contribution in [3.05, 3.63) is 30.1 Å². The number of amides is 1. The third kappa shape index (κ3) is 4.25. The highest BCUT2D eigenvalue weighted by Gasteiger charge is 2.35. The SMILES string of the molecule is O=C(CCSc1ccccc1F)N1CCCCC1C1OCCO1. The zero-order valence-corrected chi connectivity index (χ0v) is 13.9. The molecule has 0 aliphatic carbocycles. The lowest BCUT2D eigenvalue weighted by atomic mass is 10.0. The van der Waals surface area contributed by atoms with Crippen LogP contribution in [0.25, 0.3) is 0 Å². The molecule has 6 heteroatoms. The van der Waals surface area contributed by atoms with Crippen molar-refractivity contribution in [2.45, 2.75) is 42.9 Å². The number of rotatable bonds is 5. The molecule has 2 aliphatic heterocycles. The Morgan fingerprint density at radius 2 is 2.04 bits per heavy atom. The Hall–Kier alpha value is -1.11. The molecule has 126 valence electrons. The van der Waals surface area contributed by atoms with Crippen molar-refractivity contribution in [3.8, 4) is 0 Å². The van der Waals surface area contributed by atoms with Gasteiger partial charge in [-0.25, -0.2) is 4.39 Å². The van der Waals surface area contributed by atoms with Gasteiger partial charge in [-0.2, -0.15) is 0 Å². The Morgan fingerprint density at radius 3 is 2.83 bits per heavy atom. The summed E-state index contributed by atoms with van der Waals surface area (Å²) >= 11 is 1.39. The van der Waals surface area contributed by atoms with Gasteiger partial charge in [-0.3, -0.25) is 4.79 Å². The van der Waals surface area contributed by atoms with Gasteiger partial charge in [0.2, 0.25) is 5.91 Å². The van der Waals surface area contributed by atoms with E-state index in [1.165, 1.54) is 17.8 Å². The molecule has 2 fully saturated rings. The van der Waals surface area contributed by atoms with E-state index >= 15 is 0 Å². The van der Waals surface area contributed by atoms with Crippen LogP contribution in [-0.2, 0) is 14.3 Å². The first-order valence-electron chi connectivity index (χ1n) is 8.16. The molecule has 2 aliphatic rings. The first-order valence-corrected chi connectivity index (χ1v) is 9.14. The Morgan fingerprint density at radius 1 is 1.26 bits per heavy atom. The number of benzene rings is 1. The van der Waals surface area contributed by atoms with E-state index in [0.29, 0.717) is 30.3 Å². The minimum absolute atomic E-state index is 0.0252. The number of ether oxygens (including phenoxy) is 2. The minimum Gasteiger partial charge on any atom is -0.348 e. The summed E-state index contributed by atoms with van der Waals surface area (Å²) in [5, 5.41) is 0. The predicted octanol–water partition coefficient (Wildman–Crippen LogP) is 3.06. The quantitative estimate of drug-likeness (QED) is 0.773. The molecule has 1 unspecified atom stereocenters. The molecule has 0 bridgehead atoms. The van der Waals surface area contributed by atoms with Crippen LogP contribution in [0.1, 0.15) is 25.7 Å². The second-order valence-electron chi connectivity index (χ2n) is 5.79. The van der Waals surface area contributed by atoms with Gasteiger partial charge in [0, 0.05) is 23.6 Å². The number of hydrogen-bond acceptors (Lipinski definition) is 4. The largest absolute Gasteiger partial charge is 0.348 e. The van der Waals surface area contributed by atoms with Crippen molar-refractivity contribution in [1.82, 2.24) is 4.90 Å². The van der Waals surface area contributed by atoms with Crippen LogP contribution < -0.4 is 0 Å². The van der Waals surface area contributed by atoms with Crippen molar-refractivity contribution in [2.75, 3.05) is 25.5 Å². The number of carbonyl (C=O) groups is 1. The number of likely N-dealkylation sites (tertiary alicyclic amines) is 1. The Kier molecular flexibility index (Phi) is 5.91. The zero-order chi connectivity index (χ0) is 16.1. The molecular weight excluding hydrogens is 317 g/mol. The number of hydrogen-bond donors (Lipinski definition) is 0. The van der Waals surface area contributed by atoms with E-state index in [2.05, 4.69) is 0 Å². The van der Waals surface area contributed by atoms with Gasteiger partial charge in [0.05, 0.1) is 19.3 Å². The van der Waals surface area contributed by atoms with Crippen LogP contribution >= 0.6 is 11.8 Å². The Labute approximate surface area is 140 Å². The van der Waals surface area contributed by atoms with Crippen molar-refractivity contribution < 1.29 is 18.7 Å². The third-order valence-electron chi connectivity index (χ3n) is 4.24. The molecule has 1 aromatic carbocycles. The highest BCUT2D eigenvalue weighted by Crippen LogP contribution is 2.26. The molecule has 1 aromatic rings. The summed E-state index contributed by atoms with van der Waals surface area (Å²) in [6, 6.07) is 6.69. The van der Waals surface area contributed by atoms with E-state index in [-0.39, 0.29) is 24.1 Å². The number of nitrogens with zero attached hydrogens (tertiary/aromatic N) is 1. The smallest absolute Gasteiger partial charge is 0.223 e. The van der Waals surface area contributed by atoms with Crippen LogP contribution in [0.15, 0.2) is 29.2 Å². The maximum absolute atomic E-state index is 13.6. The first-order chi connectivity index (χ1) is 11.3. The summed E-state index contributed by atoms with van der Waals surface area (Å²) in [6.45, 7) is 1.97. The maximum Gasteiger partial charge on any atom is 0.223 e. The van der Waals surface area contributed by atoms with Crippen molar-refractivity contribution in [3.63, 3.8) is 0 Å². The third-order valence-corrected chi connectivity index (χ3v) is 5.29. The van der Waals surface area contributed by atoms with E-state index in [0.717, 1.165) is 25.8 Å². The van der Waals surface area contributed by atoms with Crippen LogP contribution in [0.2, 0.25) is 0 Å². The van der Waals surface area contributed by atoms with Crippen molar-refractivity contribution in [2.24, 2.45) is 0 Å². The molecular formula is C17H22FNO3S. The molecule has 0 saturated carbocycles. The van der Waals surface area contributed by atoms with Gasteiger partial charge in [0.15, 0.2) is 6.29 Å². The number of thioether (sulfide) groups is 1. The summed E-state index contributed by atoms with van der Waals surface area (Å²) in [7, 11) is 0. The van der Waals surface area contributed by atoms with Crippen molar-refractivity contribution >= 4 is 17.7 Å². The monoisotopic (exact) mass is 339 g/mol. The van der Waals surface area contributed by atoms with E-state index in [1.807, 2.05) is 11.0 Å². The molecule has 0 spiro atoms. The molecule has 4 nitrogen and oxygen atoms in total. The van der Waals surface area contributed by atoms with Gasteiger partial charge in [-0.1, -0.05) is 12.1 Å². The topological polar surface area (TPSA) is 38.8 Å². The zero-order valence-electron chi connectivity index (χ0n) is 13.1. The van der Waals surface area contributed by atoms with Gasteiger partial charge in [-0.05, 0) is 31.4 Å². The fraction of sp³-hybridized carbons (Fsp3) is 0.588. The van der Waals surface area contributed by atoms with Crippen LogP contribution in [0.3, 0.4) is 0 Å². The predicted molar refractivity (Wildman–Crippen MR) is 86.8 cm³/mol. The molecule has 3 rings (SSSR count). The molecule has 23 heavy (non-hydrogen) atoms. The second-order valence-corrected chi connectivity index (χ2v) is 6.93. The van der Waals surface area contributed by atoms with Gasteiger partial charge >= 0.3 is 0 Å². The number of piperidine rings is 1. The lowest BCUT2D eigenvalue weighted by Crippen LogP contribution is -2.50. The van der Waals surface area contributed by atoms with Gasteiger partial charge in [0.1, 0.15) is 5.82 Å². The Bertz CT molecular complexity index is 536. The minimum atomic E-state index is -0.279. The second kappa shape index (κ2) is 8.13. The molecule has 2 heterocycles. The van der Waals surface area contributed by atoms with E-state index in [4.69, 9.17) is 9.47 Å². The summed E-state index contributed by atoms with van der Waals surface area (Å²) in [4.78, 5) is 15.0. The number of carbonyl (C=O) groups excluding carboxylic acids is 1. The summed E-state index contributed by atoms with van der Waals surface area (Å²) in [5.74, 6) is 0.459. The van der Waals surface area contributed by atoms with Crippen molar-refractivity contribution in [1.29, 1.82) is 0 Å². The summed E-state index contributed by atoms with van der Waals surface area (Å²) < 4.78 is 24.8. The maximum atomic E-state index is 13.6. The average molecular weight is 339 g/mol. The molecule has 2 saturated heterocycles. The fourth-order valence-electron chi connectivity index (χ4n) is 3.10. The highest BCUT2D eigenvalue weighted by atomic mass is 32.2. The standard InChI is InChI=1S/C17H22FNO3S/c18-13-5-1-2-7-15(13)23-12-8-16(20)19-9-4-3-6-14(19)17-21-10-11-22-17/h1-2,5,7,14,17H,3-4,6,8-12H2. The molecule has 0 N–H and O–H groups in total. The molecule has 0 aromatic heterocycles. The average Bonchev–Trinajstić information content (AvgIpc) is 3.11. The van der Waals surface area contributed by atoms with Crippen LogP contribution in [0.5, 0.6) is 0 Å². The number of halogens is 1. The van der Waals surface area contributed by atoms with Crippen LogP contribution in [0, 0.1) is 5.82 Å². The normalized spacial score (nSPS) is 22.5. The highest BCUT2D eigenvalue weighted by molar-refractivity contribution is 7.99. The van der Waals surface area contributed by atoms with Crippen LogP contribution in [-0.4, -0.2) is 48.7 Å². The lowest BCUT2D eigenvalue weighted by Gasteiger charge is -2.38. The molecule has 1 amide bonds. The Balaban J connectivity index is 1.52. The summed E-state index contributed by atoms with van der Waals surface area (Å²) in [5.41, 5.74) is 0. The molecule has 1 atom stereocenters. The van der Waals surface area contributed by atoms with Gasteiger partial charge < -0.3 is 14.4 Å². The van der Waals surface area contributed by atoms with E-state index < -0.39 is 0 Å². The van der Waals surface area contributed by atoms with Gasteiger partial charge in [0.25, 0.3) is 0 Å². The van der Waals surface area contributed by atoms with E-state index in [9.17, 15) is 9.18 Å². The fourth-order valence-corrected chi connectivity index (χ4v) is 3.98. The van der Waals surface area contributed by atoms with Crippen LogP contribution in [0.4, 0.5) is 4.39 Å². The van der Waals surface area contributed by atoms with Gasteiger partial charge in [-0.15, -0.1) is 11.8 Å². The summed E-state index contributed by atoms with van der Waals surface area (Å²) in [6.07, 6.45) is 3.18. The van der Waals surface area contributed by atoms with E-state index in [1.54, 1.807) is 12.1 Å². The first kappa shape index (κ1) is 16.7.